The first-order valence-corrected chi connectivity index (χ1v) is 11.4. The van der Waals surface area contributed by atoms with Gasteiger partial charge in [0.25, 0.3) is 11.8 Å². The minimum atomic E-state index is -0.240. The second-order valence-electron chi connectivity index (χ2n) is 7.59. The summed E-state index contributed by atoms with van der Waals surface area (Å²) in [6.07, 6.45) is 4.79. The van der Waals surface area contributed by atoms with Gasteiger partial charge in [0.1, 0.15) is 10.8 Å². The molecule has 0 radical (unpaired) electrons. The molecular weight excluding hydrogens is 408 g/mol. The van der Waals surface area contributed by atoms with E-state index in [9.17, 15) is 9.59 Å². The molecule has 0 aliphatic heterocycles. The van der Waals surface area contributed by atoms with Crippen LogP contribution in [0.15, 0.2) is 54.6 Å². The Kier molecular flexibility index (Phi) is 6.67. The molecule has 0 bridgehead atoms. The third-order valence-electron chi connectivity index (χ3n) is 5.50. The van der Waals surface area contributed by atoms with Crippen LogP contribution in [0, 0.1) is 0 Å². The molecule has 3 aromatic rings. The van der Waals surface area contributed by atoms with Crippen LogP contribution in [0.4, 0.5) is 5.00 Å². The fourth-order valence-corrected chi connectivity index (χ4v) is 5.17. The molecular formula is C25H26N2O3S. The number of anilines is 1. The number of hydrogen-bond acceptors (Lipinski definition) is 4. The highest BCUT2D eigenvalue weighted by Crippen LogP contribution is 2.38. The summed E-state index contributed by atoms with van der Waals surface area (Å²) >= 11 is 1.53. The van der Waals surface area contributed by atoms with Crippen LogP contribution in [0.3, 0.4) is 0 Å². The number of aryl methyl sites for hydroxylation is 1. The third-order valence-corrected chi connectivity index (χ3v) is 6.71. The smallest absolute Gasteiger partial charge is 0.256 e. The number of nitrogens with one attached hydrogen (secondary N) is 2. The molecule has 0 atom stereocenters. The summed E-state index contributed by atoms with van der Waals surface area (Å²) < 4.78 is 5.22. The van der Waals surface area contributed by atoms with Crippen molar-refractivity contribution in [3.63, 3.8) is 0 Å². The number of thiophene rings is 1. The number of methoxy groups -OCH3 is 1. The van der Waals surface area contributed by atoms with Gasteiger partial charge in [0, 0.05) is 17.0 Å². The maximum Gasteiger partial charge on any atom is 0.256 e. The average molecular weight is 435 g/mol. The van der Waals surface area contributed by atoms with E-state index in [1.54, 1.807) is 31.4 Å². The fourth-order valence-electron chi connectivity index (χ4n) is 3.89. The molecule has 0 fully saturated rings. The Morgan fingerprint density at radius 1 is 1.00 bits per heavy atom. The zero-order valence-electron chi connectivity index (χ0n) is 17.6. The number of carbonyl (C=O) groups is 2. The first-order valence-electron chi connectivity index (χ1n) is 10.6. The summed E-state index contributed by atoms with van der Waals surface area (Å²) in [6.45, 7) is 0.552. The quantitative estimate of drug-likeness (QED) is 0.558. The molecule has 1 aromatic heterocycles. The van der Waals surface area contributed by atoms with E-state index in [1.807, 2.05) is 18.2 Å². The highest BCUT2D eigenvalue weighted by molar-refractivity contribution is 7.17. The molecule has 0 spiro atoms. The molecule has 1 aliphatic rings. The lowest BCUT2D eigenvalue weighted by Crippen LogP contribution is -2.27. The van der Waals surface area contributed by atoms with Crippen LogP contribution >= 0.6 is 11.3 Å². The fraction of sp³-hybridized carbons (Fsp3) is 0.280. The van der Waals surface area contributed by atoms with Crippen molar-refractivity contribution in [3.05, 3.63) is 81.7 Å². The molecule has 2 amide bonds. The zero-order chi connectivity index (χ0) is 21.6. The lowest BCUT2D eigenvalue weighted by Gasteiger charge is -2.13. The summed E-state index contributed by atoms with van der Waals surface area (Å²) in [6, 6.07) is 17.1. The van der Waals surface area contributed by atoms with Gasteiger partial charge in [-0.1, -0.05) is 36.4 Å². The van der Waals surface area contributed by atoms with Gasteiger partial charge in [-0.2, -0.15) is 0 Å². The molecule has 0 unspecified atom stereocenters. The number of rotatable bonds is 7. The Hall–Kier alpha value is -3.12. The Morgan fingerprint density at radius 2 is 1.81 bits per heavy atom. The molecule has 31 heavy (non-hydrogen) atoms. The molecule has 2 aromatic carbocycles. The van der Waals surface area contributed by atoms with Gasteiger partial charge in [-0.15, -0.1) is 11.3 Å². The first kappa shape index (κ1) is 21.1. The molecule has 5 nitrogen and oxygen atoms in total. The molecule has 0 saturated heterocycles. The zero-order valence-corrected chi connectivity index (χ0v) is 18.4. The molecule has 0 saturated carbocycles. The second kappa shape index (κ2) is 9.79. The SMILES string of the molecule is COc1cccc(C(=O)Nc2sc3c(c2C(=O)NCCc2ccccc2)CCCC3)c1. The van der Waals surface area contributed by atoms with Crippen molar-refractivity contribution >= 4 is 28.2 Å². The van der Waals surface area contributed by atoms with Gasteiger partial charge < -0.3 is 15.4 Å². The lowest BCUT2D eigenvalue weighted by atomic mass is 9.95. The van der Waals surface area contributed by atoms with Gasteiger partial charge in [-0.05, 0) is 61.4 Å². The molecule has 2 N–H and O–H groups in total. The summed E-state index contributed by atoms with van der Waals surface area (Å²) in [7, 11) is 1.57. The normalized spacial score (nSPS) is 12.7. The largest absolute Gasteiger partial charge is 0.497 e. The minimum Gasteiger partial charge on any atom is -0.497 e. The van der Waals surface area contributed by atoms with Crippen LogP contribution in [0.25, 0.3) is 0 Å². The van der Waals surface area contributed by atoms with E-state index in [-0.39, 0.29) is 11.8 Å². The van der Waals surface area contributed by atoms with E-state index in [0.29, 0.717) is 28.4 Å². The van der Waals surface area contributed by atoms with Gasteiger partial charge in [-0.25, -0.2) is 0 Å². The second-order valence-corrected chi connectivity index (χ2v) is 8.70. The summed E-state index contributed by atoms with van der Waals surface area (Å²) in [4.78, 5) is 27.2. The lowest BCUT2D eigenvalue weighted by molar-refractivity contribution is 0.0954. The third kappa shape index (κ3) is 4.97. The van der Waals surface area contributed by atoms with Crippen LogP contribution in [0.5, 0.6) is 5.75 Å². The maximum absolute atomic E-state index is 13.1. The van der Waals surface area contributed by atoms with Gasteiger partial charge in [0.05, 0.1) is 12.7 Å². The van der Waals surface area contributed by atoms with Crippen molar-refractivity contribution in [3.8, 4) is 5.75 Å². The topological polar surface area (TPSA) is 67.4 Å². The molecule has 6 heteroatoms. The molecule has 160 valence electrons. The minimum absolute atomic E-state index is 0.115. The van der Waals surface area contributed by atoms with Crippen LogP contribution < -0.4 is 15.4 Å². The molecule has 4 rings (SSSR count). The van der Waals surface area contributed by atoms with Gasteiger partial charge in [0.15, 0.2) is 0 Å². The number of fused-ring (bicyclic) bond motifs is 1. The number of ether oxygens (including phenoxy) is 1. The van der Waals surface area contributed by atoms with E-state index in [4.69, 9.17) is 4.74 Å². The van der Waals surface area contributed by atoms with E-state index < -0.39 is 0 Å². The van der Waals surface area contributed by atoms with Gasteiger partial charge in [-0.3, -0.25) is 9.59 Å². The van der Waals surface area contributed by atoms with Gasteiger partial charge in [0.2, 0.25) is 0 Å². The van der Waals surface area contributed by atoms with Crippen molar-refractivity contribution in [2.45, 2.75) is 32.1 Å². The average Bonchev–Trinajstić information content (AvgIpc) is 3.17. The predicted molar refractivity (Wildman–Crippen MR) is 124 cm³/mol. The summed E-state index contributed by atoms with van der Waals surface area (Å²) in [5.41, 5.74) is 3.40. The number of carbonyl (C=O) groups excluding carboxylic acids is 2. The number of amides is 2. The Morgan fingerprint density at radius 3 is 2.61 bits per heavy atom. The van der Waals surface area contributed by atoms with Crippen LogP contribution in [-0.4, -0.2) is 25.5 Å². The van der Waals surface area contributed by atoms with Crippen LogP contribution in [0.1, 0.15) is 49.6 Å². The predicted octanol–water partition coefficient (Wildman–Crippen LogP) is 4.86. The van der Waals surface area contributed by atoms with E-state index >= 15 is 0 Å². The Labute approximate surface area is 186 Å². The Balaban J connectivity index is 1.53. The summed E-state index contributed by atoms with van der Waals surface area (Å²) in [5.74, 6) is 0.268. The van der Waals surface area contributed by atoms with Gasteiger partial charge >= 0.3 is 0 Å². The van der Waals surface area contributed by atoms with Crippen molar-refractivity contribution in [2.75, 3.05) is 19.0 Å². The standard InChI is InChI=1S/C25H26N2O3S/c1-30-19-11-7-10-18(16-19)23(28)27-25-22(20-12-5-6-13-21(20)31-25)24(29)26-15-14-17-8-3-2-4-9-17/h2-4,7-11,16H,5-6,12-15H2,1H3,(H,26,29)(H,27,28). The highest BCUT2D eigenvalue weighted by Gasteiger charge is 2.26. The van der Waals surface area contributed by atoms with Crippen molar-refractivity contribution in [1.29, 1.82) is 0 Å². The first-order chi connectivity index (χ1) is 15.2. The van der Waals surface area contributed by atoms with Crippen LogP contribution in [-0.2, 0) is 19.3 Å². The number of benzene rings is 2. The van der Waals surface area contributed by atoms with E-state index in [0.717, 1.165) is 37.7 Å². The highest BCUT2D eigenvalue weighted by atomic mass is 32.1. The van der Waals surface area contributed by atoms with Crippen molar-refractivity contribution < 1.29 is 14.3 Å². The maximum atomic E-state index is 13.1. The summed E-state index contributed by atoms with van der Waals surface area (Å²) in [5, 5.41) is 6.68. The Bertz CT molecular complexity index is 1080. The van der Waals surface area contributed by atoms with Crippen molar-refractivity contribution in [1.82, 2.24) is 5.32 Å². The van der Waals surface area contributed by atoms with Crippen molar-refractivity contribution in [2.24, 2.45) is 0 Å². The van der Waals surface area contributed by atoms with E-state index in [2.05, 4.69) is 22.8 Å². The monoisotopic (exact) mass is 434 g/mol. The molecule has 1 heterocycles. The molecule has 1 aliphatic carbocycles. The number of hydrogen-bond donors (Lipinski definition) is 2. The van der Waals surface area contributed by atoms with Crippen LogP contribution in [0.2, 0.25) is 0 Å². The van der Waals surface area contributed by atoms with E-state index in [1.165, 1.54) is 21.8 Å².